The second-order valence-corrected chi connectivity index (χ2v) is 6.59. The molecule has 0 radical (unpaired) electrons. The van der Waals surface area contributed by atoms with Gasteiger partial charge in [0.2, 0.25) is 0 Å². The predicted octanol–water partition coefficient (Wildman–Crippen LogP) is 2.94. The number of allylic oxidation sites excluding steroid dienone is 1. The number of hydrogen-bond donors (Lipinski definition) is 0. The van der Waals surface area contributed by atoms with E-state index in [0.29, 0.717) is 6.61 Å². The zero-order valence-corrected chi connectivity index (χ0v) is 15.9. The second kappa shape index (κ2) is 10.2. The summed E-state index contributed by atoms with van der Waals surface area (Å²) in [5.41, 5.74) is 1.99. The third kappa shape index (κ3) is 5.37. The number of benzene rings is 1. The van der Waals surface area contributed by atoms with Crippen LogP contribution in [0.4, 0.5) is 0 Å². The zero-order chi connectivity index (χ0) is 18.9. The van der Waals surface area contributed by atoms with Crippen LogP contribution in [0.25, 0.3) is 11.0 Å². The number of aromatic nitrogens is 3. The van der Waals surface area contributed by atoms with Gasteiger partial charge in [-0.3, -0.25) is 4.90 Å². The van der Waals surface area contributed by atoms with E-state index < -0.39 is 0 Å². The van der Waals surface area contributed by atoms with Gasteiger partial charge in [-0.15, -0.1) is 5.10 Å². The number of rotatable bonds is 9. The lowest BCUT2D eigenvalue weighted by Gasteiger charge is -2.34. The van der Waals surface area contributed by atoms with Crippen molar-refractivity contribution >= 4 is 17.0 Å². The summed E-state index contributed by atoms with van der Waals surface area (Å²) in [5, 5.41) is 8.76. The summed E-state index contributed by atoms with van der Waals surface area (Å²) in [4.78, 5) is 13.8. The molecule has 2 heterocycles. The molecule has 0 saturated carbocycles. The van der Waals surface area contributed by atoms with Gasteiger partial charge in [0.1, 0.15) is 11.7 Å². The number of unbranched alkanes of at least 4 members (excludes halogenated alkanes) is 2. The van der Waals surface area contributed by atoms with E-state index in [-0.39, 0.29) is 12.1 Å². The molecule has 1 fully saturated rings. The van der Waals surface area contributed by atoms with E-state index in [2.05, 4.69) is 26.0 Å². The predicted molar refractivity (Wildman–Crippen MR) is 103 cm³/mol. The molecule has 0 N–H and O–H groups in total. The van der Waals surface area contributed by atoms with Crippen molar-refractivity contribution in [1.29, 1.82) is 0 Å². The van der Waals surface area contributed by atoms with Crippen molar-refractivity contribution in [2.45, 2.75) is 38.8 Å². The summed E-state index contributed by atoms with van der Waals surface area (Å²) in [6.07, 6.45) is 7.51. The lowest BCUT2D eigenvalue weighted by atomic mass is 10.1. The van der Waals surface area contributed by atoms with Crippen molar-refractivity contribution in [3.63, 3.8) is 0 Å². The van der Waals surface area contributed by atoms with Crippen LogP contribution < -0.4 is 0 Å². The molecule has 7 nitrogen and oxygen atoms in total. The van der Waals surface area contributed by atoms with Gasteiger partial charge in [-0.25, -0.2) is 9.48 Å². The van der Waals surface area contributed by atoms with Gasteiger partial charge >= 0.3 is 5.97 Å². The molecule has 1 aromatic carbocycles. The number of hydrogen-bond acceptors (Lipinski definition) is 6. The first-order valence-electron chi connectivity index (χ1n) is 9.74. The van der Waals surface area contributed by atoms with Gasteiger partial charge in [-0.05, 0) is 44.7 Å². The Morgan fingerprint density at radius 1 is 1.30 bits per heavy atom. The third-order valence-electron chi connectivity index (χ3n) is 4.75. The van der Waals surface area contributed by atoms with E-state index in [1.165, 1.54) is 6.08 Å². The van der Waals surface area contributed by atoms with Crippen LogP contribution in [0.3, 0.4) is 0 Å². The minimum Gasteiger partial charge on any atom is -0.463 e. The number of carbonyl (C=O) groups is 1. The van der Waals surface area contributed by atoms with E-state index in [0.717, 1.165) is 63.0 Å². The van der Waals surface area contributed by atoms with Crippen molar-refractivity contribution in [2.75, 3.05) is 32.9 Å². The summed E-state index contributed by atoms with van der Waals surface area (Å²) in [5.74, 6) is -0.266. The smallest absolute Gasteiger partial charge is 0.330 e. The molecule has 0 aliphatic carbocycles. The van der Waals surface area contributed by atoms with E-state index in [1.807, 2.05) is 31.2 Å². The van der Waals surface area contributed by atoms with Crippen LogP contribution in [0.15, 0.2) is 36.4 Å². The van der Waals surface area contributed by atoms with E-state index in [1.54, 1.807) is 0 Å². The fourth-order valence-corrected chi connectivity index (χ4v) is 3.40. The summed E-state index contributed by atoms with van der Waals surface area (Å²) in [6, 6.07) is 8.08. The summed E-state index contributed by atoms with van der Waals surface area (Å²) in [7, 11) is 0. The molecule has 1 aromatic heterocycles. The molecule has 2 aromatic rings. The number of esters is 1. The van der Waals surface area contributed by atoms with Gasteiger partial charge in [0.25, 0.3) is 0 Å². The van der Waals surface area contributed by atoms with E-state index in [9.17, 15) is 4.79 Å². The maximum absolute atomic E-state index is 11.3. The van der Waals surface area contributed by atoms with Crippen LogP contribution in [0, 0.1) is 0 Å². The number of carbonyl (C=O) groups excluding carboxylic acids is 1. The molecule has 1 unspecified atom stereocenters. The van der Waals surface area contributed by atoms with Gasteiger partial charge < -0.3 is 9.47 Å². The van der Waals surface area contributed by atoms with Gasteiger partial charge in [0, 0.05) is 19.2 Å². The molecule has 0 bridgehead atoms. The molecule has 1 aliphatic rings. The third-order valence-corrected chi connectivity index (χ3v) is 4.75. The van der Waals surface area contributed by atoms with Crippen LogP contribution in [0.2, 0.25) is 0 Å². The van der Waals surface area contributed by atoms with Crippen LogP contribution >= 0.6 is 0 Å². The minimum absolute atomic E-state index is 0.176. The number of morpholine rings is 1. The Hall–Kier alpha value is -2.25. The lowest BCUT2D eigenvalue weighted by molar-refractivity contribution is -0.137. The standard InChI is InChI=1S/C20H28N4O3/c1-2-27-20(25)12-6-4-3-5-11-19(23-13-15-26-16-14-23)24-18-10-8-7-9-17(18)21-22-24/h6-10,12,19H,2-5,11,13-16H2,1H3/b12-6+. The van der Waals surface area contributed by atoms with Crippen molar-refractivity contribution in [3.05, 3.63) is 36.4 Å². The topological polar surface area (TPSA) is 69.5 Å². The summed E-state index contributed by atoms with van der Waals surface area (Å²) >= 11 is 0. The van der Waals surface area contributed by atoms with Crippen LogP contribution in [-0.2, 0) is 14.3 Å². The molecule has 1 saturated heterocycles. The highest BCUT2D eigenvalue weighted by atomic mass is 16.5. The first kappa shape index (κ1) is 19.5. The normalized spacial score (nSPS) is 16.8. The fraction of sp³-hybridized carbons (Fsp3) is 0.550. The van der Waals surface area contributed by atoms with Gasteiger partial charge in [-0.2, -0.15) is 0 Å². The molecule has 7 heteroatoms. The van der Waals surface area contributed by atoms with Crippen molar-refractivity contribution < 1.29 is 14.3 Å². The summed E-state index contributed by atoms with van der Waals surface area (Å²) < 4.78 is 12.5. The maximum Gasteiger partial charge on any atom is 0.330 e. The highest BCUT2D eigenvalue weighted by molar-refractivity contribution is 5.81. The van der Waals surface area contributed by atoms with Crippen molar-refractivity contribution in [1.82, 2.24) is 19.9 Å². The fourth-order valence-electron chi connectivity index (χ4n) is 3.40. The Labute approximate surface area is 159 Å². The molecular weight excluding hydrogens is 344 g/mol. The molecule has 146 valence electrons. The van der Waals surface area contributed by atoms with Crippen LogP contribution in [0.1, 0.15) is 38.8 Å². The maximum atomic E-state index is 11.3. The van der Waals surface area contributed by atoms with Gasteiger partial charge in [0.15, 0.2) is 0 Å². The highest BCUT2D eigenvalue weighted by Crippen LogP contribution is 2.25. The monoisotopic (exact) mass is 372 g/mol. The largest absolute Gasteiger partial charge is 0.463 e. The number of para-hydroxylation sites is 1. The molecule has 1 aliphatic heterocycles. The van der Waals surface area contributed by atoms with Gasteiger partial charge in [0.05, 0.1) is 25.3 Å². The molecule has 1 atom stereocenters. The Morgan fingerprint density at radius 3 is 2.93 bits per heavy atom. The Bertz CT molecular complexity index is 753. The quantitative estimate of drug-likeness (QED) is 0.383. The van der Waals surface area contributed by atoms with Crippen molar-refractivity contribution in [3.8, 4) is 0 Å². The molecule has 27 heavy (non-hydrogen) atoms. The SMILES string of the molecule is CCOC(=O)/C=C/CCCCC(N1CCOCC1)n1nnc2ccccc21. The van der Waals surface area contributed by atoms with E-state index in [4.69, 9.17) is 9.47 Å². The zero-order valence-electron chi connectivity index (χ0n) is 15.9. The van der Waals surface area contributed by atoms with Gasteiger partial charge in [-0.1, -0.05) is 23.4 Å². The molecule has 0 amide bonds. The first-order valence-corrected chi connectivity index (χ1v) is 9.74. The number of nitrogens with zero attached hydrogens (tertiary/aromatic N) is 4. The first-order chi connectivity index (χ1) is 13.3. The lowest BCUT2D eigenvalue weighted by Crippen LogP contribution is -2.41. The molecule has 3 rings (SSSR count). The minimum atomic E-state index is -0.266. The Morgan fingerprint density at radius 2 is 2.11 bits per heavy atom. The Balaban J connectivity index is 1.60. The van der Waals surface area contributed by atoms with Crippen molar-refractivity contribution in [2.24, 2.45) is 0 Å². The number of ether oxygens (including phenoxy) is 2. The second-order valence-electron chi connectivity index (χ2n) is 6.59. The molecule has 0 spiro atoms. The number of fused-ring (bicyclic) bond motifs is 1. The van der Waals surface area contributed by atoms with E-state index >= 15 is 0 Å². The van der Waals surface area contributed by atoms with Crippen LogP contribution in [-0.4, -0.2) is 58.8 Å². The van der Waals surface area contributed by atoms with Crippen LogP contribution in [0.5, 0.6) is 0 Å². The highest BCUT2D eigenvalue weighted by Gasteiger charge is 2.24. The molecular formula is C20H28N4O3. The Kier molecular flexibility index (Phi) is 7.36. The summed E-state index contributed by atoms with van der Waals surface area (Å²) in [6.45, 7) is 5.54. The average molecular weight is 372 g/mol. The average Bonchev–Trinajstić information content (AvgIpc) is 3.12.